The predicted octanol–water partition coefficient (Wildman–Crippen LogP) is 1.02. The molecule has 2 rings (SSSR count). The van der Waals surface area contributed by atoms with Crippen LogP contribution in [0.2, 0.25) is 0 Å². The lowest BCUT2D eigenvalue weighted by Crippen LogP contribution is -2.50. The maximum Gasteiger partial charge on any atom is 0.425 e. The molecule has 0 saturated carbocycles. The molecule has 0 aliphatic rings. The van der Waals surface area contributed by atoms with Crippen LogP contribution in [0.4, 0.5) is 13.2 Å². The Hall–Kier alpha value is -2.88. The van der Waals surface area contributed by atoms with E-state index in [2.05, 4.69) is 4.98 Å². The molecular weight excluding hydrogens is 341 g/mol. The van der Waals surface area contributed by atoms with Crippen LogP contribution in [0.5, 0.6) is 0 Å². The minimum Gasteiger partial charge on any atom is -0.374 e. The number of hydrogen-bond acceptors (Lipinski definition) is 4. The number of hydrogen-bond donors (Lipinski definition) is 3. The van der Waals surface area contributed by atoms with Crippen molar-refractivity contribution in [3.05, 3.63) is 54.1 Å². The van der Waals surface area contributed by atoms with Crippen molar-refractivity contribution in [2.75, 3.05) is 0 Å². The zero-order valence-electron chi connectivity index (χ0n) is 13.0. The monoisotopic (exact) mass is 356 g/mol. The molecule has 1 heterocycles. The van der Waals surface area contributed by atoms with Gasteiger partial charge in [0.2, 0.25) is 11.5 Å². The van der Waals surface area contributed by atoms with E-state index < -0.39 is 35.8 Å². The molecule has 0 aliphatic heterocycles. The summed E-state index contributed by atoms with van der Waals surface area (Å²) >= 11 is 0. The topological polar surface area (TPSA) is 96.2 Å². The number of nitrogens with one attached hydrogen (secondary N) is 2. The van der Waals surface area contributed by atoms with Crippen molar-refractivity contribution in [3.63, 3.8) is 0 Å². The van der Waals surface area contributed by atoms with Gasteiger partial charge in [0.05, 0.1) is 6.42 Å². The Morgan fingerprint density at radius 1 is 1.20 bits per heavy atom. The van der Waals surface area contributed by atoms with Gasteiger partial charge in [-0.2, -0.15) is 13.2 Å². The number of carbonyl (C=O) groups is 2. The van der Waals surface area contributed by atoms with E-state index in [0.717, 1.165) is 10.8 Å². The Balaban J connectivity index is 2.08. The van der Waals surface area contributed by atoms with Crippen molar-refractivity contribution >= 4 is 11.8 Å². The fourth-order valence-corrected chi connectivity index (χ4v) is 2.13. The quantitative estimate of drug-likeness (QED) is 0.713. The molecular formula is C15H15F3N4O3. The van der Waals surface area contributed by atoms with Gasteiger partial charge in [-0.3, -0.25) is 20.4 Å². The lowest BCUT2D eigenvalue weighted by molar-refractivity contribution is -0.271. The van der Waals surface area contributed by atoms with E-state index in [-0.39, 0.29) is 5.56 Å². The number of hydrazine groups is 1. The third-order valence-corrected chi connectivity index (χ3v) is 3.43. The third-order valence-electron chi connectivity index (χ3n) is 3.43. The van der Waals surface area contributed by atoms with Crippen LogP contribution < -0.4 is 10.9 Å². The van der Waals surface area contributed by atoms with E-state index >= 15 is 0 Å². The van der Waals surface area contributed by atoms with Gasteiger partial charge in [-0.25, -0.2) is 4.98 Å². The van der Waals surface area contributed by atoms with Gasteiger partial charge < -0.3 is 9.67 Å². The van der Waals surface area contributed by atoms with Crippen molar-refractivity contribution in [1.29, 1.82) is 0 Å². The Morgan fingerprint density at radius 3 is 2.36 bits per heavy atom. The summed E-state index contributed by atoms with van der Waals surface area (Å²) in [6.07, 6.45) is -4.23. The smallest absolute Gasteiger partial charge is 0.374 e. The number of aromatic nitrogens is 2. The molecule has 1 aromatic heterocycles. The van der Waals surface area contributed by atoms with Crippen LogP contribution in [0.25, 0.3) is 0 Å². The SMILES string of the molecule is Cn1ccnc1[C@](O)(CC(=O)NNC(=O)c1ccccc1)C(F)(F)F. The molecule has 0 radical (unpaired) electrons. The van der Waals surface area contributed by atoms with Gasteiger partial charge in [0.25, 0.3) is 5.91 Å². The zero-order chi connectivity index (χ0) is 18.7. The lowest BCUT2D eigenvalue weighted by Gasteiger charge is -2.29. The first-order valence-electron chi connectivity index (χ1n) is 7.06. The third kappa shape index (κ3) is 3.97. The summed E-state index contributed by atoms with van der Waals surface area (Å²) in [7, 11) is 1.26. The molecule has 0 aliphatic carbocycles. The highest BCUT2D eigenvalue weighted by Crippen LogP contribution is 2.40. The second kappa shape index (κ2) is 6.93. The molecule has 1 aromatic carbocycles. The Morgan fingerprint density at radius 2 is 1.84 bits per heavy atom. The van der Waals surface area contributed by atoms with Crippen LogP contribution in [0.1, 0.15) is 22.6 Å². The summed E-state index contributed by atoms with van der Waals surface area (Å²) < 4.78 is 40.9. The maximum absolute atomic E-state index is 13.3. The lowest BCUT2D eigenvalue weighted by atomic mass is 9.97. The van der Waals surface area contributed by atoms with Gasteiger partial charge in [-0.05, 0) is 12.1 Å². The molecule has 0 bridgehead atoms. The molecule has 10 heteroatoms. The predicted molar refractivity (Wildman–Crippen MR) is 79.8 cm³/mol. The molecule has 0 fully saturated rings. The molecule has 1 atom stereocenters. The van der Waals surface area contributed by atoms with E-state index in [1.54, 1.807) is 18.2 Å². The number of benzene rings is 1. The number of carbonyl (C=O) groups excluding carboxylic acids is 2. The van der Waals surface area contributed by atoms with Crippen molar-refractivity contribution in [2.45, 2.75) is 18.2 Å². The largest absolute Gasteiger partial charge is 0.425 e. The van der Waals surface area contributed by atoms with Gasteiger partial charge in [0, 0.05) is 25.0 Å². The molecule has 7 nitrogen and oxygen atoms in total. The fourth-order valence-electron chi connectivity index (χ4n) is 2.13. The first-order chi connectivity index (χ1) is 11.6. The second-order valence-electron chi connectivity index (χ2n) is 5.26. The molecule has 0 spiro atoms. The first kappa shape index (κ1) is 18.5. The molecule has 3 N–H and O–H groups in total. The number of amides is 2. The van der Waals surface area contributed by atoms with Crippen LogP contribution in [0.15, 0.2) is 42.7 Å². The van der Waals surface area contributed by atoms with Crippen LogP contribution in [-0.4, -0.2) is 32.6 Å². The van der Waals surface area contributed by atoms with E-state index in [4.69, 9.17) is 0 Å². The summed E-state index contributed by atoms with van der Waals surface area (Å²) in [5.74, 6) is -2.67. The van der Waals surface area contributed by atoms with Crippen LogP contribution >= 0.6 is 0 Å². The number of aliphatic hydroxyl groups is 1. The summed E-state index contributed by atoms with van der Waals surface area (Å²) in [4.78, 5) is 27.1. The van der Waals surface area contributed by atoms with Crippen molar-refractivity contribution in [2.24, 2.45) is 7.05 Å². The van der Waals surface area contributed by atoms with Gasteiger partial charge in [0.1, 0.15) is 0 Å². The first-order valence-corrected chi connectivity index (χ1v) is 7.06. The summed E-state index contributed by atoms with van der Waals surface area (Å²) in [5, 5.41) is 10.1. The van der Waals surface area contributed by atoms with E-state index in [1.807, 2.05) is 10.9 Å². The van der Waals surface area contributed by atoms with Crippen molar-refractivity contribution in [3.8, 4) is 0 Å². The molecule has 134 valence electrons. The normalized spacial score (nSPS) is 13.8. The number of imidazole rings is 1. The number of halogens is 3. The maximum atomic E-state index is 13.3. The highest BCUT2D eigenvalue weighted by Gasteiger charge is 2.58. The van der Waals surface area contributed by atoms with Crippen LogP contribution in [0, 0.1) is 0 Å². The summed E-state index contributed by atoms with van der Waals surface area (Å²) in [6.45, 7) is 0. The average molecular weight is 356 g/mol. The molecule has 0 unspecified atom stereocenters. The van der Waals surface area contributed by atoms with Gasteiger partial charge >= 0.3 is 6.18 Å². The van der Waals surface area contributed by atoms with Crippen LogP contribution in [0.3, 0.4) is 0 Å². The zero-order valence-corrected chi connectivity index (χ0v) is 13.0. The number of aryl methyl sites for hydroxylation is 1. The average Bonchev–Trinajstić information content (AvgIpc) is 2.99. The Labute approximate surface area is 140 Å². The highest BCUT2D eigenvalue weighted by atomic mass is 19.4. The van der Waals surface area contributed by atoms with Gasteiger partial charge in [0.15, 0.2) is 5.82 Å². The van der Waals surface area contributed by atoms with E-state index in [1.165, 1.54) is 25.4 Å². The minimum atomic E-state index is -5.15. The van der Waals surface area contributed by atoms with E-state index in [9.17, 15) is 27.9 Å². The highest BCUT2D eigenvalue weighted by molar-refractivity contribution is 5.95. The molecule has 2 amide bonds. The van der Waals surface area contributed by atoms with Crippen molar-refractivity contribution in [1.82, 2.24) is 20.4 Å². The molecule has 25 heavy (non-hydrogen) atoms. The van der Waals surface area contributed by atoms with E-state index in [0.29, 0.717) is 0 Å². The second-order valence-corrected chi connectivity index (χ2v) is 5.26. The molecule has 2 aromatic rings. The van der Waals surface area contributed by atoms with Crippen LogP contribution in [-0.2, 0) is 17.4 Å². The Kier molecular flexibility index (Phi) is 5.12. The number of nitrogens with zero attached hydrogens (tertiary/aromatic N) is 2. The fraction of sp³-hybridized carbons (Fsp3) is 0.267. The van der Waals surface area contributed by atoms with Gasteiger partial charge in [-0.1, -0.05) is 18.2 Å². The summed E-state index contributed by atoms with van der Waals surface area (Å²) in [6, 6.07) is 7.76. The molecule has 0 saturated heterocycles. The van der Waals surface area contributed by atoms with Gasteiger partial charge in [-0.15, -0.1) is 0 Å². The number of rotatable bonds is 4. The minimum absolute atomic E-state index is 0.206. The Bertz CT molecular complexity index is 761. The van der Waals surface area contributed by atoms with Crippen molar-refractivity contribution < 1.29 is 27.9 Å². The standard InChI is InChI=1S/C15H15F3N4O3/c1-22-8-7-19-13(22)14(25,15(16,17)18)9-11(23)20-21-12(24)10-5-3-2-4-6-10/h2-8,25H,9H2,1H3,(H,20,23)(H,21,24)/t14-/m1/s1. The summed E-state index contributed by atoms with van der Waals surface area (Å²) in [5.41, 5.74) is 0.556. The number of alkyl halides is 3.